The summed E-state index contributed by atoms with van der Waals surface area (Å²) < 4.78 is 19.8. The summed E-state index contributed by atoms with van der Waals surface area (Å²) in [5, 5.41) is 11.1. The molecule has 0 saturated heterocycles. The lowest BCUT2D eigenvalue weighted by Gasteiger charge is -2.08. The predicted octanol–water partition coefficient (Wildman–Crippen LogP) is 0.830. The van der Waals surface area contributed by atoms with Crippen molar-refractivity contribution in [2.24, 2.45) is 5.73 Å². The van der Waals surface area contributed by atoms with Crippen molar-refractivity contribution in [2.75, 3.05) is 7.11 Å². The van der Waals surface area contributed by atoms with Crippen molar-refractivity contribution in [1.82, 2.24) is 20.2 Å². The van der Waals surface area contributed by atoms with Gasteiger partial charge in [0.15, 0.2) is 17.4 Å². The maximum atomic E-state index is 13.5. The standard InChI is InChI=1S/C10H12FN5O/c1-6(12)10-13-14-15-16(10)7-3-4-9(17-2)8(11)5-7/h3-6H,12H2,1-2H3. The average Bonchev–Trinajstić information content (AvgIpc) is 2.77. The number of methoxy groups -OCH3 is 1. The molecule has 0 aliphatic rings. The van der Waals surface area contributed by atoms with Crippen molar-refractivity contribution >= 4 is 0 Å². The van der Waals surface area contributed by atoms with Gasteiger partial charge >= 0.3 is 0 Å². The van der Waals surface area contributed by atoms with Crippen LogP contribution in [0.25, 0.3) is 5.69 Å². The second-order valence-electron chi connectivity index (χ2n) is 3.56. The lowest BCUT2D eigenvalue weighted by atomic mass is 10.2. The zero-order valence-corrected chi connectivity index (χ0v) is 9.46. The van der Waals surface area contributed by atoms with Gasteiger partial charge in [0, 0.05) is 6.07 Å². The lowest BCUT2D eigenvalue weighted by molar-refractivity contribution is 0.386. The Morgan fingerprint density at radius 2 is 2.24 bits per heavy atom. The van der Waals surface area contributed by atoms with E-state index in [0.717, 1.165) is 0 Å². The molecule has 0 radical (unpaired) electrons. The van der Waals surface area contributed by atoms with E-state index in [-0.39, 0.29) is 11.8 Å². The van der Waals surface area contributed by atoms with Gasteiger partial charge in [0.25, 0.3) is 0 Å². The molecule has 90 valence electrons. The van der Waals surface area contributed by atoms with E-state index in [1.807, 2.05) is 0 Å². The van der Waals surface area contributed by atoms with Crippen LogP contribution in [0.4, 0.5) is 4.39 Å². The Bertz CT molecular complexity index is 525. The molecule has 2 rings (SSSR count). The van der Waals surface area contributed by atoms with Crippen molar-refractivity contribution in [3.05, 3.63) is 29.8 Å². The van der Waals surface area contributed by atoms with Gasteiger partial charge in [-0.1, -0.05) is 0 Å². The Labute approximate surface area is 97.2 Å². The molecule has 6 nitrogen and oxygen atoms in total. The van der Waals surface area contributed by atoms with Crippen molar-refractivity contribution in [1.29, 1.82) is 0 Å². The molecule has 0 fully saturated rings. The van der Waals surface area contributed by atoms with Crippen LogP contribution in [0.2, 0.25) is 0 Å². The van der Waals surface area contributed by atoms with Gasteiger partial charge in [-0.3, -0.25) is 0 Å². The summed E-state index contributed by atoms with van der Waals surface area (Å²) in [6.07, 6.45) is 0. The molecule has 7 heteroatoms. The second-order valence-corrected chi connectivity index (χ2v) is 3.56. The molecule has 1 unspecified atom stereocenters. The van der Waals surface area contributed by atoms with E-state index in [1.165, 1.54) is 23.9 Å². The van der Waals surface area contributed by atoms with Gasteiger partial charge in [0.2, 0.25) is 0 Å². The van der Waals surface area contributed by atoms with E-state index in [0.29, 0.717) is 11.5 Å². The van der Waals surface area contributed by atoms with Gasteiger partial charge in [-0.25, -0.2) is 4.39 Å². The summed E-state index contributed by atoms with van der Waals surface area (Å²) in [7, 11) is 1.41. The van der Waals surface area contributed by atoms with Crippen LogP contribution in [-0.2, 0) is 0 Å². The molecule has 1 atom stereocenters. The van der Waals surface area contributed by atoms with Gasteiger partial charge < -0.3 is 10.5 Å². The fourth-order valence-electron chi connectivity index (χ4n) is 1.45. The fourth-order valence-corrected chi connectivity index (χ4v) is 1.45. The highest BCUT2D eigenvalue weighted by molar-refractivity contribution is 5.38. The maximum absolute atomic E-state index is 13.5. The Morgan fingerprint density at radius 3 is 2.82 bits per heavy atom. The van der Waals surface area contributed by atoms with Gasteiger partial charge in [-0.05, 0) is 29.5 Å². The molecule has 2 aromatic rings. The van der Waals surface area contributed by atoms with Crippen molar-refractivity contribution in [2.45, 2.75) is 13.0 Å². The van der Waals surface area contributed by atoms with E-state index >= 15 is 0 Å². The monoisotopic (exact) mass is 237 g/mol. The Kier molecular flexibility index (Phi) is 3.01. The number of nitrogens with zero attached hydrogens (tertiary/aromatic N) is 4. The Balaban J connectivity index is 2.46. The lowest BCUT2D eigenvalue weighted by Crippen LogP contribution is -2.13. The number of nitrogens with two attached hydrogens (primary N) is 1. The molecule has 0 saturated carbocycles. The van der Waals surface area contributed by atoms with E-state index in [4.69, 9.17) is 10.5 Å². The largest absolute Gasteiger partial charge is 0.494 e. The molecule has 17 heavy (non-hydrogen) atoms. The fraction of sp³-hybridized carbons (Fsp3) is 0.300. The van der Waals surface area contributed by atoms with E-state index < -0.39 is 5.82 Å². The number of aromatic nitrogens is 4. The van der Waals surface area contributed by atoms with Gasteiger partial charge in [-0.2, -0.15) is 4.68 Å². The summed E-state index contributed by atoms with van der Waals surface area (Å²) in [4.78, 5) is 0. The molecule has 0 amide bonds. The number of benzene rings is 1. The number of ether oxygens (including phenoxy) is 1. The first-order chi connectivity index (χ1) is 8.13. The zero-order valence-electron chi connectivity index (χ0n) is 9.46. The van der Waals surface area contributed by atoms with Crippen LogP contribution in [-0.4, -0.2) is 27.3 Å². The number of rotatable bonds is 3. The van der Waals surface area contributed by atoms with Crippen LogP contribution in [0.5, 0.6) is 5.75 Å². The highest BCUT2D eigenvalue weighted by atomic mass is 19.1. The predicted molar refractivity (Wildman–Crippen MR) is 58.3 cm³/mol. The first-order valence-corrected chi connectivity index (χ1v) is 5.01. The third-order valence-corrected chi connectivity index (χ3v) is 2.28. The summed E-state index contributed by atoms with van der Waals surface area (Å²) in [5.41, 5.74) is 6.21. The van der Waals surface area contributed by atoms with Crippen LogP contribution >= 0.6 is 0 Å². The van der Waals surface area contributed by atoms with Crippen LogP contribution in [0.15, 0.2) is 18.2 Å². The van der Waals surface area contributed by atoms with Crippen molar-refractivity contribution < 1.29 is 9.13 Å². The summed E-state index contributed by atoms with van der Waals surface area (Å²) in [5.74, 6) is 0.162. The quantitative estimate of drug-likeness (QED) is 0.855. The number of hydrogen-bond acceptors (Lipinski definition) is 5. The Morgan fingerprint density at radius 1 is 1.47 bits per heavy atom. The number of tetrazole rings is 1. The van der Waals surface area contributed by atoms with Crippen molar-refractivity contribution in [3.8, 4) is 11.4 Å². The molecule has 2 N–H and O–H groups in total. The van der Waals surface area contributed by atoms with E-state index in [2.05, 4.69) is 15.5 Å². The smallest absolute Gasteiger partial charge is 0.173 e. The molecular weight excluding hydrogens is 225 g/mol. The van der Waals surface area contributed by atoms with Crippen LogP contribution in [0.3, 0.4) is 0 Å². The van der Waals surface area contributed by atoms with Crippen LogP contribution < -0.4 is 10.5 Å². The zero-order chi connectivity index (χ0) is 12.4. The maximum Gasteiger partial charge on any atom is 0.173 e. The van der Waals surface area contributed by atoms with Gasteiger partial charge in [0.1, 0.15) is 0 Å². The summed E-state index contributed by atoms with van der Waals surface area (Å²) >= 11 is 0. The third kappa shape index (κ3) is 2.09. The average molecular weight is 237 g/mol. The van der Waals surface area contributed by atoms with Crippen LogP contribution in [0, 0.1) is 5.82 Å². The SMILES string of the molecule is COc1ccc(-n2nnnc2C(C)N)cc1F. The molecule has 1 aromatic heterocycles. The van der Waals surface area contributed by atoms with Gasteiger partial charge in [-0.15, -0.1) is 5.10 Å². The van der Waals surface area contributed by atoms with Crippen molar-refractivity contribution in [3.63, 3.8) is 0 Å². The minimum atomic E-state index is -0.476. The number of halogens is 1. The first kappa shape index (κ1) is 11.5. The molecule has 0 bridgehead atoms. The Hall–Kier alpha value is -2.02. The molecule has 0 aliphatic heterocycles. The van der Waals surface area contributed by atoms with Gasteiger partial charge in [0.05, 0.1) is 18.8 Å². The molecule has 1 aromatic carbocycles. The molecule has 0 aliphatic carbocycles. The van der Waals surface area contributed by atoms with Crippen LogP contribution in [0.1, 0.15) is 18.8 Å². The molecule has 1 heterocycles. The highest BCUT2D eigenvalue weighted by Crippen LogP contribution is 2.20. The van der Waals surface area contributed by atoms with E-state index in [1.54, 1.807) is 13.0 Å². The summed E-state index contributed by atoms with van der Waals surface area (Å²) in [6.45, 7) is 1.75. The minimum absolute atomic E-state index is 0.171. The molecule has 0 spiro atoms. The normalized spacial score (nSPS) is 12.5. The second kappa shape index (κ2) is 4.46. The number of hydrogen-bond donors (Lipinski definition) is 1. The van der Waals surface area contributed by atoms with E-state index in [9.17, 15) is 4.39 Å². The highest BCUT2D eigenvalue weighted by Gasteiger charge is 2.13. The minimum Gasteiger partial charge on any atom is -0.494 e. The first-order valence-electron chi connectivity index (χ1n) is 5.01. The molecular formula is C10H12FN5O. The summed E-state index contributed by atoms with van der Waals surface area (Å²) in [6, 6.07) is 4.12. The third-order valence-electron chi connectivity index (χ3n) is 2.28. The topological polar surface area (TPSA) is 78.8 Å².